The summed E-state index contributed by atoms with van der Waals surface area (Å²) in [6.45, 7) is 1.48. The second-order valence-corrected chi connectivity index (χ2v) is 6.16. The summed E-state index contributed by atoms with van der Waals surface area (Å²) in [6, 6.07) is 13.5. The summed E-state index contributed by atoms with van der Waals surface area (Å²) in [5, 5.41) is 5.48. The molecule has 3 rings (SSSR count). The van der Waals surface area contributed by atoms with Gasteiger partial charge in [0.05, 0.1) is 5.69 Å². The molecule has 0 aliphatic carbocycles. The van der Waals surface area contributed by atoms with E-state index in [0.717, 1.165) is 24.1 Å². The van der Waals surface area contributed by atoms with Crippen LogP contribution in [-0.2, 0) is 16.2 Å². The second kappa shape index (κ2) is 8.69. The van der Waals surface area contributed by atoms with Crippen LogP contribution in [0, 0.1) is 0 Å². The second-order valence-electron chi connectivity index (χ2n) is 5.80. The summed E-state index contributed by atoms with van der Waals surface area (Å²) in [7, 11) is 0. The zero-order valence-electron chi connectivity index (χ0n) is 13.7. The zero-order chi connectivity index (χ0) is 17.5. The number of hydrogen-bond donors (Lipinski definition) is 1. The largest absolute Gasteiger partial charge is 0.528 e. The van der Waals surface area contributed by atoms with Crippen LogP contribution in [0.15, 0.2) is 48.7 Å². The van der Waals surface area contributed by atoms with E-state index in [0.29, 0.717) is 18.2 Å². The van der Waals surface area contributed by atoms with E-state index in [1.165, 1.54) is 0 Å². The molecule has 1 N–H and O–H groups in total. The van der Waals surface area contributed by atoms with Crippen molar-refractivity contribution in [1.29, 1.82) is 0 Å². The molecule has 1 fully saturated rings. The number of carbonyl (C=O) groups is 1. The number of aromatic nitrogens is 1. The molecule has 2 heterocycles. The van der Waals surface area contributed by atoms with Gasteiger partial charge in [-0.25, -0.2) is 9.78 Å². The first-order valence-electron chi connectivity index (χ1n) is 8.21. The van der Waals surface area contributed by atoms with Crippen molar-refractivity contribution in [2.24, 2.45) is 0 Å². The Balaban J connectivity index is 1.39. The van der Waals surface area contributed by atoms with Crippen molar-refractivity contribution in [1.82, 2.24) is 10.0 Å². The number of piperidine rings is 1. The number of pyridine rings is 1. The van der Waals surface area contributed by atoms with Crippen molar-refractivity contribution < 1.29 is 14.4 Å². The lowest BCUT2D eigenvalue weighted by atomic mass is 10.1. The SMILES string of the molecule is O=C(OCc1ccccc1)ON1CCC(Nc2cccnc2Cl)CC1. The number of anilines is 1. The number of nitrogens with zero attached hydrogens (tertiary/aromatic N) is 2. The first kappa shape index (κ1) is 17.5. The smallest absolute Gasteiger partial charge is 0.428 e. The number of nitrogens with one attached hydrogen (secondary N) is 1. The number of hydrogen-bond acceptors (Lipinski definition) is 6. The minimum Gasteiger partial charge on any atom is -0.428 e. The van der Waals surface area contributed by atoms with E-state index in [9.17, 15) is 4.79 Å². The van der Waals surface area contributed by atoms with E-state index < -0.39 is 6.16 Å². The van der Waals surface area contributed by atoms with Crippen LogP contribution < -0.4 is 5.32 Å². The maximum atomic E-state index is 11.8. The Labute approximate surface area is 151 Å². The van der Waals surface area contributed by atoms with E-state index in [4.69, 9.17) is 21.2 Å². The molecule has 1 saturated heterocycles. The lowest BCUT2D eigenvalue weighted by molar-refractivity contribution is -0.139. The van der Waals surface area contributed by atoms with Gasteiger partial charge >= 0.3 is 6.16 Å². The lowest BCUT2D eigenvalue weighted by Gasteiger charge is -2.31. The molecule has 1 aromatic heterocycles. The molecule has 7 heteroatoms. The van der Waals surface area contributed by atoms with Gasteiger partial charge in [-0.1, -0.05) is 41.9 Å². The molecule has 0 spiro atoms. The molecule has 0 radical (unpaired) electrons. The molecule has 0 atom stereocenters. The maximum Gasteiger partial charge on any atom is 0.528 e. The first-order chi connectivity index (χ1) is 12.2. The lowest BCUT2D eigenvalue weighted by Crippen LogP contribution is -2.40. The number of rotatable bonds is 5. The van der Waals surface area contributed by atoms with Gasteiger partial charge in [-0.3, -0.25) is 0 Å². The third-order valence-corrected chi connectivity index (χ3v) is 4.28. The van der Waals surface area contributed by atoms with Crippen molar-refractivity contribution in [3.63, 3.8) is 0 Å². The highest BCUT2D eigenvalue weighted by Gasteiger charge is 2.23. The molecule has 1 aromatic carbocycles. The van der Waals surface area contributed by atoms with Crippen LogP contribution in [0.3, 0.4) is 0 Å². The number of benzene rings is 1. The Morgan fingerprint density at radius 1 is 1.20 bits per heavy atom. The number of halogens is 1. The summed E-state index contributed by atoms with van der Waals surface area (Å²) in [5.74, 6) is 0. The molecule has 0 bridgehead atoms. The Hall–Kier alpha value is -2.31. The van der Waals surface area contributed by atoms with E-state index in [1.807, 2.05) is 42.5 Å². The third-order valence-electron chi connectivity index (χ3n) is 3.98. The highest BCUT2D eigenvalue weighted by Crippen LogP contribution is 2.22. The van der Waals surface area contributed by atoms with Crippen molar-refractivity contribution in [3.05, 3.63) is 59.4 Å². The molecule has 6 nitrogen and oxygen atoms in total. The van der Waals surface area contributed by atoms with Gasteiger partial charge in [0.1, 0.15) is 6.61 Å². The summed E-state index contributed by atoms with van der Waals surface area (Å²) in [4.78, 5) is 21.1. The molecule has 0 saturated carbocycles. The standard InChI is InChI=1S/C18H20ClN3O3/c19-17-16(7-4-10-20-17)21-15-8-11-22(12-9-15)25-18(23)24-13-14-5-2-1-3-6-14/h1-7,10,15,21H,8-9,11-13H2. The van der Waals surface area contributed by atoms with E-state index in [-0.39, 0.29) is 12.6 Å². The fraction of sp³-hybridized carbons (Fsp3) is 0.333. The highest BCUT2D eigenvalue weighted by atomic mass is 35.5. The van der Waals surface area contributed by atoms with Gasteiger partial charge < -0.3 is 14.9 Å². The summed E-state index contributed by atoms with van der Waals surface area (Å²) in [5.41, 5.74) is 1.75. The van der Waals surface area contributed by atoms with E-state index in [2.05, 4.69) is 10.3 Å². The van der Waals surface area contributed by atoms with Crippen LogP contribution in [0.2, 0.25) is 5.15 Å². The van der Waals surface area contributed by atoms with Crippen LogP contribution >= 0.6 is 11.6 Å². The van der Waals surface area contributed by atoms with Crippen molar-refractivity contribution in [2.75, 3.05) is 18.4 Å². The minimum absolute atomic E-state index is 0.206. The maximum absolute atomic E-state index is 11.8. The monoisotopic (exact) mass is 361 g/mol. The van der Waals surface area contributed by atoms with Crippen LogP contribution in [0.25, 0.3) is 0 Å². The Bertz CT molecular complexity index is 691. The number of ether oxygens (including phenoxy) is 1. The fourth-order valence-corrected chi connectivity index (χ4v) is 2.83. The van der Waals surface area contributed by atoms with Gasteiger partial charge in [0, 0.05) is 25.3 Å². The summed E-state index contributed by atoms with van der Waals surface area (Å²) >= 11 is 6.06. The molecule has 1 aliphatic rings. The van der Waals surface area contributed by atoms with Gasteiger partial charge in [0.25, 0.3) is 0 Å². The first-order valence-corrected chi connectivity index (χ1v) is 8.59. The molecular weight excluding hydrogens is 342 g/mol. The van der Waals surface area contributed by atoms with Crippen molar-refractivity contribution in [2.45, 2.75) is 25.5 Å². The van der Waals surface area contributed by atoms with Gasteiger partial charge in [-0.05, 0) is 30.5 Å². The molecule has 0 amide bonds. The fourth-order valence-electron chi connectivity index (χ4n) is 2.65. The quantitative estimate of drug-likeness (QED) is 0.644. The minimum atomic E-state index is -0.675. The molecule has 1 aliphatic heterocycles. The van der Waals surface area contributed by atoms with Crippen LogP contribution in [0.4, 0.5) is 10.5 Å². The summed E-state index contributed by atoms with van der Waals surface area (Å²) in [6.07, 6.45) is 2.64. The average molecular weight is 362 g/mol. The van der Waals surface area contributed by atoms with Crippen molar-refractivity contribution >= 4 is 23.4 Å². The topological polar surface area (TPSA) is 63.7 Å². The zero-order valence-corrected chi connectivity index (χ0v) is 14.5. The van der Waals surface area contributed by atoms with Gasteiger partial charge in [-0.15, -0.1) is 5.06 Å². The predicted molar refractivity (Wildman–Crippen MR) is 95.2 cm³/mol. The Kier molecular flexibility index (Phi) is 6.09. The number of carbonyl (C=O) groups excluding carboxylic acids is 1. The molecule has 0 unspecified atom stereocenters. The van der Waals surface area contributed by atoms with Gasteiger partial charge in [0.2, 0.25) is 0 Å². The third kappa shape index (κ3) is 5.34. The van der Waals surface area contributed by atoms with Gasteiger partial charge in [0.15, 0.2) is 5.15 Å². The molecule has 132 valence electrons. The highest BCUT2D eigenvalue weighted by molar-refractivity contribution is 6.31. The normalized spacial score (nSPS) is 15.6. The molecule has 25 heavy (non-hydrogen) atoms. The van der Waals surface area contributed by atoms with Crippen LogP contribution in [0.1, 0.15) is 18.4 Å². The molecular formula is C18H20ClN3O3. The number of hydroxylamine groups is 2. The van der Waals surface area contributed by atoms with E-state index in [1.54, 1.807) is 11.3 Å². The Morgan fingerprint density at radius 3 is 2.68 bits per heavy atom. The predicted octanol–water partition coefficient (Wildman–Crippen LogP) is 3.88. The molecule has 2 aromatic rings. The Morgan fingerprint density at radius 2 is 1.96 bits per heavy atom. The van der Waals surface area contributed by atoms with Crippen LogP contribution in [0.5, 0.6) is 0 Å². The average Bonchev–Trinajstić information content (AvgIpc) is 2.64. The van der Waals surface area contributed by atoms with Crippen molar-refractivity contribution in [3.8, 4) is 0 Å². The van der Waals surface area contributed by atoms with E-state index >= 15 is 0 Å². The van der Waals surface area contributed by atoms with Crippen LogP contribution in [-0.4, -0.2) is 35.3 Å². The summed E-state index contributed by atoms with van der Waals surface area (Å²) < 4.78 is 5.12. The van der Waals surface area contributed by atoms with Gasteiger partial charge in [-0.2, -0.15) is 0 Å².